The van der Waals surface area contributed by atoms with Crippen molar-refractivity contribution in [1.82, 2.24) is 0 Å². The van der Waals surface area contributed by atoms with Gasteiger partial charge < -0.3 is 10.1 Å². The van der Waals surface area contributed by atoms with Crippen molar-refractivity contribution in [2.75, 3.05) is 12.4 Å². The molecule has 0 heterocycles. The second-order valence-corrected chi connectivity index (χ2v) is 4.86. The van der Waals surface area contributed by atoms with Crippen LogP contribution in [0, 0.1) is 6.92 Å². The summed E-state index contributed by atoms with van der Waals surface area (Å²) in [6, 6.07) is 4.77. The minimum Gasteiger partial charge on any atom is -0.496 e. The summed E-state index contributed by atoms with van der Waals surface area (Å²) in [7, 11) is 1.73. The first-order valence-electron chi connectivity index (χ1n) is 5.90. The Morgan fingerprint density at radius 3 is 2.19 bits per heavy atom. The Kier molecular flexibility index (Phi) is 4.22. The highest BCUT2D eigenvalue weighted by molar-refractivity contribution is 5.58. The first-order valence-corrected chi connectivity index (χ1v) is 5.90. The molecule has 0 bridgehead atoms. The van der Waals surface area contributed by atoms with Crippen LogP contribution in [-0.4, -0.2) is 13.2 Å². The van der Waals surface area contributed by atoms with E-state index < -0.39 is 0 Å². The zero-order valence-corrected chi connectivity index (χ0v) is 11.2. The Morgan fingerprint density at radius 2 is 1.75 bits per heavy atom. The molecule has 0 radical (unpaired) electrons. The molecule has 0 aromatic heterocycles. The van der Waals surface area contributed by atoms with Gasteiger partial charge in [-0.15, -0.1) is 0 Å². The van der Waals surface area contributed by atoms with Crippen molar-refractivity contribution in [3.05, 3.63) is 23.3 Å². The first kappa shape index (κ1) is 12.9. The van der Waals surface area contributed by atoms with Gasteiger partial charge in [0.05, 0.1) is 7.11 Å². The molecule has 0 atom stereocenters. The van der Waals surface area contributed by atoms with Crippen molar-refractivity contribution in [2.24, 2.45) is 0 Å². The maximum Gasteiger partial charge on any atom is 0.122 e. The standard InChI is InChI=1S/C14H23NO/c1-9(2)12-8-13(15-10(3)4)11(5)7-14(12)16-6/h7-10,15H,1-6H3. The van der Waals surface area contributed by atoms with E-state index in [4.69, 9.17) is 4.74 Å². The average Bonchev–Trinajstić information content (AvgIpc) is 2.19. The molecule has 0 amide bonds. The minimum absolute atomic E-state index is 0.451. The summed E-state index contributed by atoms with van der Waals surface area (Å²) in [5.41, 5.74) is 3.70. The van der Waals surface area contributed by atoms with E-state index in [-0.39, 0.29) is 0 Å². The maximum absolute atomic E-state index is 5.42. The number of benzene rings is 1. The molecule has 1 aromatic rings. The van der Waals surface area contributed by atoms with E-state index in [2.05, 4.69) is 52.1 Å². The lowest BCUT2D eigenvalue weighted by Crippen LogP contribution is -2.11. The van der Waals surface area contributed by atoms with Crippen molar-refractivity contribution in [3.8, 4) is 5.75 Å². The molecule has 1 aromatic carbocycles. The van der Waals surface area contributed by atoms with E-state index in [1.807, 2.05) is 0 Å². The maximum atomic E-state index is 5.42. The van der Waals surface area contributed by atoms with Gasteiger partial charge in [0.2, 0.25) is 0 Å². The molecular formula is C14H23NO. The smallest absolute Gasteiger partial charge is 0.122 e. The Labute approximate surface area is 99.0 Å². The molecule has 0 unspecified atom stereocenters. The zero-order chi connectivity index (χ0) is 12.3. The van der Waals surface area contributed by atoms with Crippen LogP contribution in [-0.2, 0) is 0 Å². The van der Waals surface area contributed by atoms with E-state index in [0.717, 1.165) is 5.75 Å². The number of methoxy groups -OCH3 is 1. The van der Waals surface area contributed by atoms with Crippen LogP contribution < -0.4 is 10.1 Å². The monoisotopic (exact) mass is 221 g/mol. The van der Waals surface area contributed by atoms with Crippen LogP contribution in [0.4, 0.5) is 5.69 Å². The molecule has 90 valence electrons. The zero-order valence-electron chi connectivity index (χ0n) is 11.2. The van der Waals surface area contributed by atoms with Gasteiger partial charge in [0.15, 0.2) is 0 Å². The number of anilines is 1. The van der Waals surface area contributed by atoms with Crippen molar-refractivity contribution < 1.29 is 4.74 Å². The van der Waals surface area contributed by atoms with Crippen LogP contribution >= 0.6 is 0 Å². The largest absolute Gasteiger partial charge is 0.496 e. The third-order valence-electron chi connectivity index (χ3n) is 2.64. The van der Waals surface area contributed by atoms with Crippen molar-refractivity contribution in [2.45, 2.75) is 46.6 Å². The molecule has 0 fully saturated rings. The predicted octanol–water partition coefficient (Wildman–Crippen LogP) is 3.95. The van der Waals surface area contributed by atoms with Crippen LogP contribution in [0.5, 0.6) is 5.75 Å². The molecule has 0 spiro atoms. The summed E-state index contributed by atoms with van der Waals surface area (Å²) in [5.74, 6) is 1.46. The summed E-state index contributed by atoms with van der Waals surface area (Å²) in [4.78, 5) is 0. The van der Waals surface area contributed by atoms with Crippen LogP contribution in [0.3, 0.4) is 0 Å². The van der Waals surface area contributed by atoms with Crippen LogP contribution in [0.25, 0.3) is 0 Å². The lowest BCUT2D eigenvalue weighted by molar-refractivity contribution is 0.407. The summed E-state index contributed by atoms with van der Waals surface area (Å²) >= 11 is 0. The fourth-order valence-electron chi connectivity index (χ4n) is 1.79. The molecule has 16 heavy (non-hydrogen) atoms. The fourth-order valence-corrected chi connectivity index (χ4v) is 1.79. The summed E-state index contributed by atoms with van der Waals surface area (Å²) in [5, 5.41) is 3.46. The lowest BCUT2D eigenvalue weighted by Gasteiger charge is -2.18. The molecule has 1 rings (SSSR count). The minimum atomic E-state index is 0.451. The highest BCUT2D eigenvalue weighted by atomic mass is 16.5. The topological polar surface area (TPSA) is 21.3 Å². The summed E-state index contributed by atoms with van der Waals surface area (Å²) in [6.45, 7) is 10.8. The molecular weight excluding hydrogens is 198 g/mol. The van der Waals surface area contributed by atoms with Gasteiger partial charge in [-0.05, 0) is 49.9 Å². The van der Waals surface area contributed by atoms with Gasteiger partial charge in [-0.3, -0.25) is 0 Å². The quantitative estimate of drug-likeness (QED) is 0.831. The second-order valence-electron chi connectivity index (χ2n) is 4.86. The number of aryl methyl sites for hydroxylation is 1. The Balaban J connectivity index is 3.16. The van der Waals surface area contributed by atoms with Crippen LogP contribution in [0.2, 0.25) is 0 Å². The van der Waals surface area contributed by atoms with Gasteiger partial charge in [0, 0.05) is 11.7 Å². The molecule has 0 saturated heterocycles. The van der Waals surface area contributed by atoms with Crippen molar-refractivity contribution in [1.29, 1.82) is 0 Å². The van der Waals surface area contributed by atoms with Crippen LogP contribution in [0.1, 0.15) is 44.7 Å². The third kappa shape index (κ3) is 2.91. The first-order chi connectivity index (χ1) is 7.45. The number of rotatable bonds is 4. The summed E-state index contributed by atoms with van der Waals surface area (Å²) < 4.78 is 5.42. The van der Waals surface area contributed by atoms with E-state index >= 15 is 0 Å². The molecule has 1 N–H and O–H groups in total. The number of hydrogen-bond donors (Lipinski definition) is 1. The van der Waals surface area contributed by atoms with Crippen molar-refractivity contribution >= 4 is 5.69 Å². The molecule has 0 aliphatic rings. The third-order valence-corrected chi connectivity index (χ3v) is 2.64. The Morgan fingerprint density at radius 1 is 1.12 bits per heavy atom. The Bertz CT molecular complexity index is 356. The molecule has 0 saturated carbocycles. The molecule has 2 heteroatoms. The van der Waals surface area contributed by atoms with E-state index in [9.17, 15) is 0 Å². The van der Waals surface area contributed by atoms with Gasteiger partial charge >= 0.3 is 0 Å². The predicted molar refractivity (Wildman–Crippen MR) is 70.6 cm³/mol. The number of ether oxygens (including phenoxy) is 1. The average molecular weight is 221 g/mol. The second kappa shape index (κ2) is 5.24. The SMILES string of the molecule is COc1cc(C)c(NC(C)C)cc1C(C)C. The number of hydrogen-bond acceptors (Lipinski definition) is 2. The molecule has 0 aliphatic carbocycles. The van der Waals surface area contributed by atoms with E-state index in [0.29, 0.717) is 12.0 Å². The normalized spacial score (nSPS) is 11.0. The van der Waals surface area contributed by atoms with Crippen LogP contribution in [0.15, 0.2) is 12.1 Å². The highest BCUT2D eigenvalue weighted by Gasteiger charge is 2.11. The number of nitrogens with one attached hydrogen (secondary N) is 1. The Hall–Kier alpha value is -1.18. The van der Waals surface area contributed by atoms with E-state index in [1.54, 1.807) is 7.11 Å². The fraction of sp³-hybridized carbons (Fsp3) is 0.571. The van der Waals surface area contributed by atoms with Gasteiger partial charge in [0.25, 0.3) is 0 Å². The molecule has 0 aliphatic heterocycles. The van der Waals surface area contributed by atoms with Gasteiger partial charge in [-0.1, -0.05) is 13.8 Å². The lowest BCUT2D eigenvalue weighted by atomic mass is 9.99. The van der Waals surface area contributed by atoms with Gasteiger partial charge in [-0.25, -0.2) is 0 Å². The molecule has 2 nitrogen and oxygen atoms in total. The van der Waals surface area contributed by atoms with Gasteiger partial charge in [-0.2, -0.15) is 0 Å². The van der Waals surface area contributed by atoms with E-state index in [1.165, 1.54) is 16.8 Å². The van der Waals surface area contributed by atoms with Crippen molar-refractivity contribution in [3.63, 3.8) is 0 Å². The van der Waals surface area contributed by atoms with Gasteiger partial charge in [0.1, 0.15) is 5.75 Å². The highest BCUT2D eigenvalue weighted by Crippen LogP contribution is 2.32. The summed E-state index contributed by atoms with van der Waals surface area (Å²) in [6.07, 6.45) is 0.